The lowest BCUT2D eigenvalue weighted by Gasteiger charge is -2.47. The van der Waals surface area contributed by atoms with Crippen LogP contribution in [0.15, 0.2) is 35.9 Å². The molecule has 0 aromatic heterocycles. The summed E-state index contributed by atoms with van der Waals surface area (Å²) in [4.78, 5) is 25.1. The third-order valence-corrected chi connectivity index (χ3v) is 8.36. The maximum absolute atomic E-state index is 12.6. The number of carbonyl (C=O) groups is 2. The Hall–Kier alpha value is -3.40. The zero-order chi connectivity index (χ0) is 31.9. The Labute approximate surface area is 247 Å². The van der Waals surface area contributed by atoms with Gasteiger partial charge in [0, 0.05) is 24.6 Å². The van der Waals surface area contributed by atoms with E-state index in [1.807, 2.05) is 0 Å². The molecule has 2 bridgehead atoms. The molecule has 2 aliphatic heterocycles. The van der Waals surface area contributed by atoms with Crippen LogP contribution in [0.2, 0.25) is 0 Å². The van der Waals surface area contributed by atoms with Crippen molar-refractivity contribution in [3.05, 3.63) is 35.9 Å². The van der Waals surface area contributed by atoms with Crippen LogP contribution in [0.25, 0.3) is 0 Å². The third-order valence-electron chi connectivity index (χ3n) is 8.36. The van der Waals surface area contributed by atoms with Gasteiger partial charge in [0.1, 0.15) is 53.4 Å². The number of fused-ring (bicyclic) bond motifs is 2. The summed E-state index contributed by atoms with van der Waals surface area (Å²) in [6, 6.07) is 2.52. The summed E-state index contributed by atoms with van der Waals surface area (Å²) in [6.07, 6.45) is -4.76. The fourth-order valence-electron chi connectivity index (χ4n) is 5.89. The van der Waals surface area contributed by atoms with Crippen molar-refractivity contribution in [3.8, 4) is 23.0 Å². The number of aliphatic hydroxyl groups excluding tert-OH is 4. The van der Waals surface area contributed by atoms with Crippen LogP contribution in [0.5, 0.6) is 23.0 Å². The van der Waals surface area contributed by atoms with Gasteiger partial charge in [0.25, 0.3) is 0 Å². The minimum Gasteiger partial charge on any atom is -0.504 e. The second-order valence-electron chi connectivity index (χ2n) is 11.4. The van der Waals surface area contributed by atoms with Gasteiger partial charge in [-0.2, -0.15) is 0 Å². The first-order valence-electron chi connectivity index (χ1n) is 13.6. The van der Waals surface area contributed by atoms with Gasteiger partial charge in [0.05, 0.1) is 20.3 Å². The van der Waals surface area contributed by atoms with Crippen LogP contribution in [0.4, 0.5) is 0 Å². The van der Waals surface area contributed by atoms with Gasteiger partial charge in [-0.3, -0.25) is 4.79 Å². The molecule has 1 aromatic carbocycles. The van der Waals surface area contributed by atoms with E-state index in [9.17, 15) is 40.2 Å². The van der Waals surface area contributed by atoms with Crippen molar-refractivity contribution in [2.24, 2.45) is 5.41 Å². The number of aromatic hydroxyl groups is 1. The molecule has 2 saturated heterocycles. The van der Waals surface area contributed by atoms with Gasteiger partial charge < -0.3 is 59.1 Å². The van der Waals surface area contributed by atoms with E-state index in [-0.39, 0.29) is 35.8 Å². The monoisotopic (exact) mass is 610 g/mol. The van der Waals surface area contributed by atoms with E-state index in [1.54, 1.807) is 13.8 Å². The summed E-state index contributed by atoms with van der Waals surface area (Å²) in [5, 5.41) is 63.1. The normalized spacial score (nSPS) is 37.6. The van der Waals surface area contributed by atoms with Crippen LogP contribution in [0.3, 0.4) is 0 Å². The van der Waals surface area contributed by atoms with E-state index in [2.05, 4.69) is 0 Å². The molecule has 0 spiro atoms. The van der Waals surface area contributed by atoms with Gasteiger partial charge in [-0.15, -0.1) is 0 Å². The predicted molar refractivity (Wildman–Crippen MR) is 145 cm³/mol. The van der Waals surface area contributed by atoms with Crippen LogP contribution >= 0.6 is 0 Å². The summed E-state index contributed by atoms with van der Waals surface area (Å²) in [6.45, 7) is 4.09. The molecule has 2 heterocycles. The van der Waals surface area contributed by atoms with Gasteiger partial charge in [-0.25, -0.2) is 4.79 Å². The van der Waals surface area contributed by atoms with Crippen molar-refractivity contribution in [2.75, 3.05) is 20.8 Å². The highest BCUT2D eigenvalue weighted by atomic mass is 16.7. The Balaban J connectivity index is 1.41. The molecular weight excluding hydrogens is 572 g/mol. The second-order valence-corrected chi connectivity index (χ2v) is 11.4. The van der Waals surface area contributed by atoms with E-state index in [0.717, 1.165) is 6.08 Å². The van der Waals surface area contributed by atoms with E-state index >= 15 is 0 Å². The molecule has 1 aliphatic carbocycles. The largest absolute Gasteiger partial charge is 0.504 e. The van der Waals surface area contributed by atoms with Crippen LogP contribution in [0.1, 0.15) is 33.6 Å². The highest BCUT2D eigenvalue weighted by Crippen LogP contribution is 2.58. The van der Waals surface area contributed by atoms with E-state index in [0.29, 0.717) is 5.57 Å². The van der Waals surface area contributed by atoms with Crippen LogP contribution < -0.4 is 14.2 Å². The number of rotatable bonds is 9. The molecule has 0 unspecified atom stereocenters. The Morgan fingerprint density at radius 1 is 1.07 bits per heavy atom. The molecule has 43 heavy (non-hydrogen) atoms. The Bertz CT molecular complexity index is 1290. The quantitative estimate of drug-likeness (QED) is 0.122. The van der Waals surface area contributed by atoms with E-state index in [4.69, 9.17) is 28.4 Å². The number of methoxy groups -OCH3 is 2. The smallest absolute Gasteiger partial charge is 0.331 e. The Morgan fingerprint density at radius 2 is 1.77 bits per heavy atom. The number of allylic oxidation sites excluding steroid dienone is 2. The molecule has 9 atom stereocenters. The second kappa shape index (κ2) is 11.9. The lowest BCUT2D eigenvalue weighted by molar-refractivity contribution is -0.278. The number of phenolic OH excluding ortho intramolecular Hbond substituents is 1. The van der Waals surface area contributed by atoms with Gasteiger partial charge in [-0.1, -0.05) is 6.08 Å². The van der Waals surface area contributed by atoms with Crippen molar-refractivity contribution in [2.45, 2.75) is 81.6 Å². The summed E-state index contributed by atoms with van der Waals surface area (Å²) >= 11 is 0. The lowest BCUT2D eigenvalue weighted by atomic mass is 9.59. The molecule has 14 nitrogen and oxygen atoms in total. The topological polar surface area (TPSA) is 211 Å². The summed E-state index contributed by atoms with van der Waals surface area (Å²) in [5.74, 6) is -1.65. The van der Waals surface area contributed by atoms with Crippen molar-refractivity contribution in [3.63, 3.8) is 0 Å². The number of aliphatic hydroxyl groups is 5. The van der Waals surface area contributed by atoms with Crippen LogP contribution in [-0.4, -0.2) is 111 Å². The van der Waals surface area contributed by atoms with Crippen molar-refractivity contribution < 1.29 is 68.6 Å². The third kappa shape index (κ3) is 5.78. The van der Waals surface area contributed by atoms with Gasteiger partial charge >= 0.3 is 11.9 Å². The molecular formula is C29H38O14. The summed E-state index contributed by atoms with van der Waals surface area (Å²) in [5.41, 5.74) is -4.14. The molecule has 1 aromatic rings. The van der Waals surface area contributed by atoms with E-state index < -0.39 is 72.0 Å². The average Bonchev–Trinajstić information content (AvgIpc) is 3.00. The molecule has 3 aliphatic rings. The van der Waals surface area contributed by atoms with Crippen molar-refractivity contribution >= 4 is 11.9 Å². The van der Waals surface area contributed by atoms with Crippen molar-refractivity contribution in [1.29, 1.82) is 0 Å². The van der Waals surface area contributed by atoms with Gasteiger partial charge in [0.2, 0.25) is 12.0 Å². The minimum atomic E-state index is -1.74. The zero-order valence-corrected chi connectivity index (χ0v) is 24.4. The Kier molecular flexibility index (Phi) is 9.03. The first kappa shape index (κ1) is 32.5. The minimum absolute atomic E-state index is 0.00914. The summed E-state index contributed by atoms with van der Waals surface area (Å²) < 4.78 is 32.0. The summed E-state index contributed by atoms with van der Waals surface area (Å²) in [7, 11) is 2.67. The fourth-order valence-corrected chi connectivity index (χ4v) is 5.89. The average molecular weight is 611 g/mol. The number of benzene rings is 1. The standard InChI is InChI=1S/C29H38O14/c1-14(6-7-29(37)27(2)11-15(30)12-28(29,3)43-26(27)36)8-20(32)40-13-19-21(33)22(34)23(35)25(42-19)41-16-9-17(31)24(39-5)18(10-16)38-4/h6-10,15,19,21-23,25,30-31,33-35,37H,11-13H2,1-5H3/b7-6+,14-8+/t15-,19+,21+,22-,23+,25+,27-,28-,29-/m0/s1. The maximum Gasteiger partial charge on any atom is 0.331 e. The SMILES string of the molecule is COc1cc(O[C@@H]2O[C@H](COC(=O)/C=C(C)/C=C/[C@]3(O)[C@@]4(C)C[C@H](O)C[C@]3(C)OC4=O)[C@@H](O)[C@H](O)[C@H]2O)cc(O)c1OC. The lowest BCUT2D eigenvalue weighted by Crippen LogP contribution is -2.61. The molecule has 6 N–H and O–H groups in total. The highest BCUT2D eigenvalue weighted by Gasteiger charge is 2.72. The number of phenols is 1. The van der Waals surface area contributed by atoms with Gasteiger partial charge in [-0.05, 0) is 38.8 Å². The highest BCUT2D eigenvalue weighted by molar-refractivity contribution is 5.84. The number of carbonyl (C=O) groups excluding carboxylic acids is 2. The molecule has 4 rings (SSSR count). The first-order valence-corrected chi connectivity index (χ1v) is 13.6. The molecule has 1 saturated carbocycles. The molecule has 0 radical (unpaired) electrons. The number of esters is 2. The molecule has 238 valence electrons. The first-order chi connectivity index (χ1) is 20.1. The zero-order valence-electron chi connectivity index (χ0n) is 24.4. The van der Waals surface area contributed by atoms with Crippen LogP contribution in [0, 0.1) is 5.41 Å². The molecule has 14 heteroatoms. The van der Waals surface area contributed by atoms with Crippen LogP contribution in [-0.2, 0) is 23.8 Å². The molecule has 0 amide bonds. The van der Waals surface area contributed by atoms with Crippen molar-refractivity contribution in [1.82, 2.24) is 0 Å². The Morgan fingerprint density at radius 3 is 2.40 bits per heavy atom. The predicted octanol–water partition coefficient (Wildman–Crippen LogP) is -0.151. The molecule has 3 fully saturated rings. The van der Waals surface area contributed by atoms with Gasteiger partial charge in [0.15, 0.2) is 11.5 Å². The number of ether oxygens (including phenoxy) is 6. The number of hydrogen-bond acceptors (Lipinski definition) is 14. The fraction of sp³-hybridized carbons (Fsp3) is 0.586. The maximum atomic E-state index is 12.6. The number of hydrogen-bond donors (Lipinski definition) is 6. The van der Waals surface area contributed by atoms with E-state index in [1.165, 1.54) is 45.4 Å².